The van der Waals surface area contributed by atoms with E-state index in [1.807, 2.05) is 6.08 Å². The molecular weight excluding hydrogens is 322 g/mol. The van der Waals surface area contributed by atoms with Crippen LogP contribution in [0.5, 0.6) is 5.75 Å². The standard InChI is InChI=1S/C22H33N3O/c1-2-3-13-4-6-14(7-5-13)15-8-9-16-17-10-11-19(23)26-22(17)21(25)20(24)18(16)12-15/h10-11,13-15,19H,2-9,12,23-25H2,1H3. The lowest BCUT2D eigenvalue weighted by Crippen LogP contribution is -2.30. The molecule has 2 unspecified atom stereocenters. The Balaban J connectivity index is 1.55. The van der Waals surface area contributed by atoms with Gasteiger partial charge < -0.3 is 16.2 Å². The second kappa shape index (κ2) is 7.15. The summed E-state index contributed by atoms with van der Waals surface area (Å²) in [5.41, 5.74) is 23.7. The smallest absolute Gasteiger partial charge is 0.167 e. The van der Waals surface area contributed by atoms with E-state index in [1.165, 1.54) is 56.1 Å². The van der Waals surface area contributed by atoms with E-state index in [0.29, 0.717) is 11.4 Å². The maximum Gasteiger partial charge on any atom is 0.167 e. The van der Waals surface area contributed by atoms with Crippen molar-refractivity contribution in [3.63, 3.8) is 0 Å². The molecule has 6 N–H and O–H groups in total. The summed E-state index contributed by atoms with van der Waals surface area (Å²) in [5.74, 6) is 3.26. The Hall–Kier alpha value is -1.68. The second-order valence-corrected chi connectivity index (χ2v) is 8.54. The molecule has 0 bridgehead atoms. The number of ether oxygens (including phenoxy) is 1. The summed E-state index contributed by atoms with van der Waals surface area (Å²) >= 11 is 0. The lowest BCUT2D eigenvalue weighted by atomic mass is 9.68. The van der Waals surface area contributed by atoms with Gasteiger partial charge in [0.1, 0.15) is 0 Å². The third kappa shape index (κ3) is 3.09. The molecule has 1 heterocycles. The first-order chi connectivity index (χ1) is 12.6. The van der Waals surface area contributed by atoms with Gasteiger partial charge in [0.2, 0.25) is 0 Å². The molecule has 0 radical (unpaired) electrons. The Morgan fingerprint density at radius 2 is 1.77 bits per heavy atom. The van der Waals surface area contributed by atoms with Crippen LogP contribution in [0.3, 0.4) is 0 Å². The quantitative estimate of drug-likeness (QED) is 0.558. The highest BCUT2D eigenvalue weighted by molar-refractivity contribution is 5.84. The highest BCUT2D eigenvalue weighted by Crippen LogP contribution is 2.47. The number of fused-ring (bicyclic) bond motifs is 3. The van der Waals surface area contributed by atoms with Crippen molar-refractivity contribution in [1.82, 2.24) is 0 Å². The summed E-state index contributed by atoms with van der Waals surface area (Å²) in [7, 11) is 0. The third-order valence-electron chi connectivity index (χ3n) is 6.99. The number of hydrogen-bond acceptors (Lipinski definition) is 4. The van der Waals surface area contributed by atoms with E-state index in [-0.39, 0.29) is 0 Å². The van der Waals surface area contributed by atoms with E-state index in [9.17, 15) is 0 Å². The Kier molecular flexibility index (Phi) is 4.87. The Morgan fingerprint density at radius 3 is 2.50 bits per heavy atom. The second-order valence-electron chi connectivity index (χ2n) is 8.54. The average Bonchev–Trinajstić information content (AvgIpc) is 2.66. The maximum atomic E-state index is 6.46. The number of nitrogens with two attached hydrogens (primary N) is 3. The molecule has 4 rings (SSSR count). The Bertz CT molecular complexity index is 704. The van der Waals surface area contributed by atoms with Crippen LogP contribution in [0.1, 0.15) is 68.6 Å². The molecule has 26 heavy (non-hydrogen) atoms. The highest BCUT2D eigenvalue weighted by atomic mass is 16.5. The summed E-state index contributed by atoms with van der Waals surface area (Å²) in [6.07, 6.45) is 15.3. The van der Waals surface area contributed by atoms with Crippen molar-refractivity contribution in [2.75, 3.05) is 11.5 Å². The van der Waals surface area contributed by atoms with Gasteiger partial charge in [-0.05, 0) is 73.1 Å². The zero-order valence-corrected chi connectivity index (χ0v) is 16.0. The topological polar surface area (TPSA) is 87.3 Å². The SMILES string of the molecule is CCCC1CCC(C2CCc3c4c(c(N)c(N)c3C2)OC(N)C=C4)CC1. The lowest BCUT2D eigenvalue weighted by Gasteiger charge is -2.38. The van der Waals surface area contributed by atoms with Crippen LogP contribution in [0.25, 0.3) is 6.08 Å². The fraction of sp³-hybridized carbons (Fsp3) is 0.636. The van der Waals surface area contributed by atoms with Gasteiger partial charge in [-0.25, -0.2) is 0 Å². The van der Waals surface area contributed by atoms with Gasteiger partial charge in [0.05, 0.1) is 11.4 Å². The van der Waals surface area contributed by atoms with Gasteiger partial charge in [0, 0.05) is 5.56 Å². The van der Waals surface area contributed by atoms with E-state index < -0.39 is 6.23 Å². The van der Waals surface area contributed by atoms with Gasteiger partial charge in [-0.2, -0.15) is 0 Å². The van der Waals surface area contributed by atoms with Crippen molar-refractivity contribution in [3.05, 3.63) is 22.8 Å². The monoisotopic (exact) mass is 355 g/mol. The molecule has 142 valence electrons. The number of anilines is 2. The molecule has 1 aromatic rings. The van der Waals surface area contributed by atoms with Crippen LogP contribution in [0.15, 0.2) is 6.08 Å². The lowest BCUT2D eigenvalue weighted by molar-refractivity contribution is 0.184. The summed E-state index contributed by atoms with van der Waals surface area (Å²) in [5, 5.41) is 0. The first kappa shape index (κ1) is 17.7. The molecule has 1 fully saturated rings. The molecule has 3 aliphatic rings. The van der Waals surface area contributed by atoms with E-state index in [1.54, 1.807) is 0 Å². The fourth-order valence-corrected chi connectivity index (χ4v) is 5.53. The predicted octanol–water partition coefficient (Wildman–Crippen LogP) is 4.25. The zero-order chi connectivity index (χ0) is 18.3. The van der Waals surface area contributed by atoms with Crippen molar-refractivity contribution < 1.29 is 4.74 Å². The Labute approximate surface area is 157 Å². The molecule has 0 spiro atoms. The Morgan fingerprint density at radius 1 is 1.00 bits per heavy atom. The molecule has 4 heteroatoms. The third-order valence-corrected chi connectivity index (χ3v) is 6.99. The molecule has 4 nitrogen and oxygen atoms in total. The van der Waals surface area contributed by atoms with E-state index in [2.05, 4.69) is 13.0 Å². The maximum absolute atomic E-state index is 6.46. The van der Waals surface area contributed by atoms with Gasteiger partial charge in [-0.15, -0.1) is 0 Å². The first-order valence-corrected chi connectivity index (χ1v) is 10.4. The summed E-state index contributed by atoms with van der Waals surface area (Å²) < 4.78 is 5.77. The van der Waals surface area contributed by atoms with Crippen LogP contribution in [-0.4, -0.2) is 6.23 Å². The van der Waals surface area contributed by atoms with Crippen molar-refractivity contribution in [1.29, 1.82) is 0 Å². The van der Waals surface area contributed by atoms with Gasteiger partial charge in [0.15, 0.2) is 12.0 Å². The minimum absolute atomic E-state index is 0.433. The largest absolute Gasteiger partial charge is 0.469 e. The number of nitrogen functional groups attached to an aromatic ring is 2. The minimum Gasteiger partial charge on any atom is -0.469 e. The van der Waals surface area contributed by atoms with Crippen LogP contribution >= 0.6 is 0 Å². The van der Waals surface area contributed by atoms with Crippen molar-refractivity contribution in [3.8, 4) is 5.75 Å². The van der Waals surface area contributed by atoms with Crippen LogP contribution in [0, 0.1) is 17.8 Å². The number of hydrogen-bond donors (Lipinski definition) is 3. The van der Waals surface area contributed by atoms with Gasteiger partial charge in [-0.1, -0.05) is 32.6 Å². The zero-order valence-electron chi connectivity index (χ0n) is 16.0. The minimum atomic E-state index is -0.433. The van der Waals surface area contributed by atoms with E-state index in [0.717, 1.165) is 41.8 Å². The van der Waals surface area contributed by atoms with Crippen LogP contribution in [0.4, 0.5) is 11.4 Å². The summed E-state index contributed by atoms with van der Waals surface area (Å²) in [4.78, 5) is 0. The molecule has 2 atom stereocenters. The van der Waals surface area contributed by atoms with Crippen molar-refractivity contribution >= 4 is 17.5 Å². The molecule has 0 aromatic heterocycles. The molecule has 0 amide bonds. The fourth-order valence-electron chi connectivity index (χ4n) is 5.53. The van der Waals surface area contributed by atoms with E-state index >= 15 is 0 Å². The van der Waals surface area contributed by atoms with Gasteiger partial charge in [0.25, 0.3) is 0 Å². The highest BCUT2D eigenvalue weighted by Gasteiger charge is 2.33. The van der Waals surface area contributed by atoms with Gasteiger partial charge in [-0.3, -0.25) is 5.73 Å². The summed E-state index contributed by atoms with van der Waals surface area (Å²) in [6.45, 7) is 2.31. The van der Waals surface area contributed by atoms with Crippen molar-refractivity contribution in [2.24, 2.45) is 23.5 Å². The molecule has 1 aliphatic heterocycles. The van der Waals surface area contributed by atoms with Crippen molar-refractivity contribution in [2.45, 2.75) is 70.9 Å². The predicted molar refractivity (Wildman–Crippen MR) is 109 cm³/mol. The number of benzene rings is 1. The summed E-state index contributed by atoms with van der Waals surface area (Å²) in [6, 6.07) is 0. The normalized spacial score (nSPS) is 30.4. The van der Waals surface area contributed by atoms with Gasteiger partial charge >= 0.3 is 0 Å². The van der Waals surface area contributed by atoms with Crippen LogP contribution in [0.2, 0.25) is 0 Å². The molecule has 2 aliphatic carbocycles. The van der Waals surface area contributed by atoms with Crippen LogP contribution < -0.4 is 21.9 Å². The van der Waals surface area contributed by atoms with E-state index in [4.69, 9.17) is 21.9 Å². The van der Waals surface area contributed by atoms with Crippen LogP contribution in [-0.2, 0) is 12.8 Å². The number of rotatable bonds is 3. The first-order valence-electron chi connectivity index (χ1n) is 10.4. The molecule has 0 saturated heterocycles. The average molecular weight is 356 g/mol. The molecule has 1 aromatic carbocycles. The molecular formula is C22H33N3O. The molecule has 1 saturated carbocycles.